The molecule has 2 aromatic carbocycles. The van der Waals surface area contributed by atoms with Gasteiger partial charge in [0.05, 0.1) is 29.6 Å². The van der Waals surface area contributed by atoms with Crippen LogP contribution in [0.4, 0.5) is 17.1 Å². The van der Waals surface area contributed by atoms with Gasteiger partial charge in [-0.15, -0.1) is 0 Å². The molecule has 2 heterocycles. The normalized spacial score (nSPS) is 18.6. The van der Waals surface area contributed by atoms with Gasteiger partial charge in [-0.2, -0.15) is 0 Å². The minimum atomic E-state index is -0.0480. The average molecular weight is 394 g/mol. The molecule has 0 fully saturated rings. The van der Waals surface area contributed by atoms with Gasteiger partial charge in [0.15, 0.2) is 0 Å². The van der Waals surface area contributed by atoms with Crippen LogP contribution in [-0.2, 0) is 4.79 Å². The van der Waals surface area contributed by atoms with E-state index in [2.05, 4.69) is 61.8 Å². The molecule has 5 nitrogen and oxygen atoms in total. The van der Waals surface area contributed by atoms with Crippen LogP contribution in [0.3, 0.4) is 0 Å². The van der Waals surface area contributed by atoms with Crippen LogP contribution in [0.15, 0.2) is 42.5 Å². The fourth-order valence-corrected chi connectivity index (χ4v) is 4.58. The SMILES string of the molecule is CC(=O)N1c2ccccc2N(C(C)C)CC1c1ccc2c(c1)OCCN2C(C)C. The van der Waals surface area contributed by atoms with E-state index in [-0.39, 0.29) is 11.9 Å². The van der Waals surface area contributed by atoms with Crippen molar-refractivity contribution in [3.8, 4) is 5.75 Å². The van der Waals surface area contributed by atoms with Gasteiger partial charge in [-0.25, -0.2) is 0 Å². The number of rotatable bonds is 3. The third-order valence-corrected chi connectivity index (χ3v) is 5.99. The number of anilines is 3. The first-order chi connectivity index (χ1) is 13.9. The number of ether oxygens (including phenoxy) is 1. The summed E-state index contributed by atoms with van der Waals surface area (Å²) in [7, 11) is 0. The number of fused-ring (bicyclic) bond motifs is 2. The molecule has 0 radical (unpaired) electrons. The maximum Gasteiger partial charge on any atom is 0.224 e. The summed E-state index contributed by atoms with van der Waals surface area (Å²) in [4.78, 5) is 19.4. The maximum absolute atomic E-state index is 12.7. The summed E-state index contributed by atoms with van der Waals surface area (Å²) in [5, 5.41) is 0. The van der Waals surface area contributed by atoms with Crippen molar-refractivity contribution in [2.24, 2.45) is 0 Å². The van der Waals surface area contributed by atoms with Crippen molar-refractivity contribution in [3.05, 3.63) is 48.0 Å². The molecule has 29 heavy (non-hydrogen) atoms. The maximum atomic E-state index is 12.7. The standard InChI is InChI=1S/C24H31N3O2/c1-16(2)25-12-13-29-24-14-19(10-11-22(24)25)23-15-26(17(3)4)20-8-6-7-9-21(20)27(23)18(5)28/h6-11,14,16-17,23H,12-13,15H2,1-5H3. The van der Waals surface area contributed by atoms with Crippen LogP contribution in [0.2, 0.25) is 0 Å². The summed E-state index contributed by atoms with van der Waals surface area (Å²) in [5.74, 6) is 0.981. The zero-order chi connectivity index (χ0) is 20.7. The summed E-state index contributed by atoms with van der Waals surface area (Å²) in [6.45, 7) is 12.8. The smallest absolute Gasteiger partial charge is 0.224 e. The predicted molar refractivity (Wildman–Crippen MR) is 119 cm³/mol. The number of benzene rings is 2. The Balaban J connectivity index is 1.78. The van der Waals surface area contributed by atoms with Crippen LogP contribution in [0.1, 0.15) is 46.2 Å². The summed E-state index contributed by atoms with van der Waals surface area (Å²) in [5.41, 5.74) is 4.35. The second-order valence-electron chi connectivity index (χ2n) is 8.50. The molecule has 1 amide bonds. The Kier molecular flexibility index (Phi) is 5.15. The molecule has 2 aromatic rings. The van der Waals surface area contributed by atoms with Crippen LogP contribution in [0, 0.1) is 0 Å². The Morgan fingerprint density at radius 2 is 1.66 bits per heavy atom. The Labute approximate surface area is 173 Å². The van der Waals surface area contributed by atoms with Crippen molar-refractivity contribution in [2.45, 2.75) is 52.7 Å². The molecule has 5 heteroatoms. The molecule has 2 aliphatic rings. The lowest BCUT2D eigenvalue weighted by molar-refractivity contribution is -0.117. The number of carbonyl (C=O) groups excluding carboxylic acids is 1. The van der Waals surface area contributed by atoms with Gasteiger partial charge in [-0.3, -0.25) is 4.79 Å². The van der Waals surface area contributed by atoms with Crippen LogP contribution in [0.25, 0.3) is 0 Å². The number of carbonyl (C=O) groups is 1. The van der Waals surface area contributed by atoms with Crippen molar-refractivity contribution < 1.29 is 9.53 Å². The van der Waals surface area contributed by atoms with E-state index in [0.29, 0.717) is 18.7 Å². The van der Waals surface area contributed by atoms with E-state index in [1.54, 1.807) is 6.92 Å². The Morgan fingerprint density at radius 1 is 0.966 bits per heavy atom. The topological polar surface area (TPSA) is 36.0 Å². The monoisotopic (exact) mass is 393 g/mol. The minimum absolute atomic E-state index is 0.0480. The van der Waals surface area contributed by atoms with Gasteiger partial charge in [-0.1, -0.05) is 18.2 Å². The zero-order valence-corrected chi connectivity index (χ0v) is 18.1. The first-order valence-corrected chi connectivity index (χ1v) is 10.6. The number of nitrogens with zero attached hydrogens (tertiary/aromatic N) is 3. The van der Waals surface area contributed by atoms with Crippen molar-refractivity contribution in [2.75, 3.05) is 34.4 Å². The molecule has 0 saturated heterocycles. The van der Waals surface area contributed by atoms with Crippen molar-refractivity contribution in [1.82, 2.24) is 0 Å². The van der Waals surface area contributed by atoms with Crippen LogP contribution < -0.4 is 19.4 Å². The van der Waals surface area contributed by atoms with Crippen molar-refractivity contribution in [1.29, 1.82) is 0 Å². The largest absolute Gasteiger partial charge is 0.490 e. The number of hydrogen-bond acceptors (Lipinski definition) is 4. The van der Waals surface area contributed by atoms with E-state index in [1.165, 1.54) is 0 Å². The van der Waals surface area contributed by atoms with E-state index in [4.69, 9.17) is 4.74 Å². The molecule has 4 rings (SSSR count). The van der Waals surface area contributed by atoms with Gasteiger partial charge in [-0.05, 0) is 57.5 Å². The van der Waals surface area contributed by atoms with E-state index < -0.39 is 0 Å². The lowest BCUT2D eigenvalue weighted by Gasteiger charge is -2.45. The molecule has 0 saturated carbocycles. The molecule has 0 N–H and O–H groups in total. The Hall–Kier alpha value is -2.69. The van der Waals surface area contributed by atoms with Gasteiger partial charge in [0.2, 0.25) is 5.91 Å². The van der Waals surface area contributed by atoms with E-state index in [0.717, 1.165) is 41.5 Å². The number of para-hydroxylation sites is 2. The molecule has 1 unspecified atom stereocenters. The summed E-state index contributed by atoms with van der Waals surface area (Å²) >= 11 is 0. The van der Waals surface area contributed by atoms with Crippen LogP contribution in [-0.4, -0.2) is 37.7 Å². The van der Waals surface area contributed by atoms with E-state index in [1.807, 2.05) is 23.1 Å². The lowest BCUT2D eigenvalue weighted by atomic mass is 9.97. The highest BCUT2D eigenvalue weighted by atomic mass is 16.5. The zero-order valence-electron chi connectivity index (χ0n) is 18.1. The van der Waals surface area contributed by atoms with Gasteiger partial charge < -0.3 is 19.4 Å². The van der Waals surface area contributed by atoms with Crippen molar-refractivity contribution in [3.63, 3.8) is 0 Å². The quantitative estimate of drug-likeness (QED) is 0.763. The average Bonchev–Trinajstić information content (AvgIpc) is 2.71. The molecule has 0 aromatic heterocycles. The van der Waals surface area contributed by atoms with Gasteiger partial charge >= 0.3 is 0 Å². The predicted octanol–water partition coefficient (Wildman–Crippen LogP) is 4.62. The molecule has 0 aliphatic carbocycles. The molecular weight excluding hydrogens is 362 g/mol. The highest BCUT2D eigenvalue weighted by Gasteiger charge is 2.35. The second kappa shape index (κ2) is 7.62. The van der Waals surface area contributed by atoms with Gasteiger partial charge in [0.25, 0.3) is 0 Å². The van der Waals surface area contributed by atoms with E-state index >= 15 is 0 Å². The molecule has 0 spiro atoms. The third kappa shape index (κ3) is 3.43. The Morgan fingerprint density at radius 3 is 2.31 bits per heavy atom. The molecule has 0 bridgehead atoms. The number of amides is 1. The first-order valence-electron chi connectivity index (χ1n) is 10.6. The van der Waals surface area contributed by atoms with E-state index in [9.17, 15) is 4.79 Å². The van der Waals surface area contributed by atoms with Gasteiger partial charge in [0, 0.05) is 25.6 Å². The molecule has 1 atom stereocenters. The fourth-order valence-electron chi connectivity index (χ4n) is 4.58. The van der Waals surface area contributed by atoms with Crippen molar-refractivity contribution >= 4 is 23.0 Å². The minimum Gasteiger partial charge on any atom is -0.490 e. The highest BCUT2D eigenvalue weighted by molar-refractivity contribution is 5.97. The van der Waals surface area contributed by atoms with Crippen LogP contribution in [0.5, 0.6) is 5.75 Å². The summed E-state index contributed by atoms with van der Waals surface area (Å²) < 4.78 is 6.02. The fraction of sp³-hybridized carbons (Fsp3) is 0.458. The summed E-state index contributed by atoms with van der Waals surface area (Å²) in [6.07, 6.45) is 0. The van der Waals surface area contributed by atoms with Crippen LogP contribution >= 0.6 is 0 Å². The lowest BCUT2D eigenvalue weighted by Crippen LogP contribution is -2.48. The number of hydrogen-bond donors (Lipinski definition) is 0. The molecular formula is C24H31N3O2. The van der Waals surface area contributed by atoms with Gasteiger partial charge in [0.1, 0.15) is 12.4 Å². The third-order valence-electron chi connectivity index (χ3n) is 5.99. The first kappa shape index (κ1) is 19.6. The summed E-state index contributed by atoms with van der Waals surface area (Å²) in [6, 6.07) is 15.4. The highest BCUT2D eigenvalue weighted by Crippen LogP contribution is 2.43. The molecule has 2 aliphatic heterocycles. The Bertz CT molecular complexity index is 909. The second-order valence-corrected chi connectivity index (χ2v) is 8.50. The molecule has 154 valence electrons.